The van der Waals surface area contributed by atoms with Crippen LogP contribution in [0.4, 0.5) is 0 Å². The van der Waals surface area contributed by atoms with Gasteiger partial charge < -0.3 is 9.72 Å². The van der Waals surface area contributed by atoms with Gasteiger partial charge >= 0.3 is 5.97 Å². The summed E-state index contributed by atoms with van der Waals surface area (Å²) in [5.74, 6) is 0.0900. The largest absolute Gasteiger partial charge is 0.465 e. The van der Waals surface area contributed by atoms with Crippen LogP contribution in [0.3, 0.4) is 0 Å². The number of hydrogen-bond acceptors (Lipinski definition) is 4. The van der Waals surface area contributed by atoms with Crippen molar-refractivity contribution >= 4 is 40.2 Å². The number of H-pyrrole nitrogens is 1. The van der Waals surface area contributed by atoms with E-state index in [9.17, 15) is 9.59 Å². The van der Waals surface area contributed by atoms with Crippen molar-refractivity contribution in [1.82, 2.24) is 4.98 Å². The predicted molar refractivity (Wildman–Crippen MR) is 112 cm³/mol. The zero-order valence-electron chi connectivity index (χ0n) is 15.1. The molecule has 0 bridgehead atoms. The molecule has 0 fully saturated rings. The summed E-state index contributed by atoms with van der Waals surface area (Å²) in [7, 11) is 0. The van der Waals surface area contributed by atoms with E-state index in [1.54, 1.807) is 19.9 Å². The van der Waals surface area contributed by atoms with E-state index in [1.165, 1.54) is 11.8 Å². The number of aromatic amines is 1. The average molecular weight is 402 g/mol. The Kier molecular flexibility index (Phi) is 6.24. The highest BCUT2D eigenvalue weighted by atomic mass is 35.5. The van der Waals surface area contributed by atoms with Gasteiger partial charge in [-0.2, -0.15) is 0 Å². The molecule has 1 aromatic heterocycles. The fraction of sp³-hybridized carbons (Fsp3) is 0.238. The Morgan fingerprint density at radius 3 is 2.63 bits per heavy atom. The van der Waals surface area contributed by atoms with E-state index in [0.29, 0.717) is 15.7 Å². The van der Waals surface area contributed by atoms with Gasteiger partial charge in [-0.3, -0.25) is 9.59 Å². The lowest BCUT2D eigenvalue weighted by Crippen LogP contribution is -2.15. The second-order valence-electron chi connectivity index (χ2n) is 6.38. The molecule has 0 amide bonds. The minimum Gasteiger partial charge on any atom is -0.465 e. The van der Waals surface area contributed by atoms with E-state index in [2.05, 4.69) is 4.98 Å². The molecule has 6 heteroatoms. The fourth-order valence-corrected chi connectivity index (χ4v) is 3.83. The van der Waals surface area contributed by atoms with Gasteiger partial charge in [0.25, 0.3) is 5.56 Å². The molecule has 0 saturated carbocycles. The molecule has 0 unspecified atom stereocenters. The zero-order chi connectivity index (χ0) is 19.4. The monoisotopic (exact) mass is 401 g/mol. The Balaban J connectivity index is 2.00. The van der Waals surface area contributed by atoms with Crippen molar-refractivity contribution in [3.05, 3.63) is 63.9 Å². The number of fused-ring (bicyclic) bond motifs is 1. The smallest absolute Gasteiger partial charge is 0.308 e. The van der Waals surface area contributed by atoms with E-state index in [-0.39, 0.29) is 24.1 Å². The van der Waals surface area contributed by atoms with Gasteiger partial charge in [-0.05, 0) is 23.8 Å². The van der Waals surface area contributed by atoms with Crippen molar-refractivity contribution in [1.29, 1.82) is 0 Å². The van der Waals surface area contributed by atoms with E-state index >= 15 is 0 Å². The summed E-state index contributed by atoms with van der Waals surface area (Å²) in [5, 5.41) is 1.49. The number of pyridine rings is 1. The molecule has 0 aliphatic carbocycles. The number of halogens is 1. The van der Waals surface area contributed by atoms with Gasteiger partial charge in [0, 0.05) is 27.2 Å². The van der Waals surface area contributed by atoms with Crippen LogP contribution in [0.2, 0.25) is 5.02 Å². The molecule has 140 valence electrons. The first-order valence-corrected chi connectivity index (χ1v) is 10.0. The van der Waals surface area contributed by atoms with Gasteiger partial charge in [-0.15, -0.1) is 11.8 Å². The molecule has 3 rings (SSSR count). The number of carbonyl (C=O) groups excluding carboxylic acids is 1. The molecule has 2 aromatic carbocycles. The van der Waals surface area contributed by atoms with Gasteiger partial charge in [0.05, 0.1) is 10.8 Å². The molecule has 0 aliphatic rings. The molecular weight excluding hydrogens is 382 g/mol. The van der Waals surface area contributed by atoms with E-state index in [1.807, 2.05) is 42.5 Å². The van der Waals surface area contributed by atoms with Crippen molar-refractivity contribution in [2.45, 2.75) is 18.7 Å². The maximum Gasteiger partial charge on any atom is 0.308 e. The number of carbonyl (C=O) groups is 1. The van der Waals surface area contributed by atoms with E-state index in [4.69, 9.17) is 16.3 Å². The maximum atomic E-state index is 12.7. The van der Waals surface area contributed by atoms with Crippen LogP contribution in [0, 0.1) is 5.92 Å². The lowest BCUT2D eigenvalue weighted by molar-refractivity contribution is -0.146. The molecule has 0 spiro atoms. The van der Waals surface area contributed by atoms with Crippen molar-refractivity contribution < 1.29 is 9.53 Å². The summed E-state index contributed by atoms with van der Waals surface area (Å²) >= 11 is 7.58. The van der Waals surface area contributed by atoms with E-state index < -0.39 is 0 Å². The van der Waals surface area contributed by atoms with Crippen LogP contribution < -0.4 is 5.56 Å². The summed E-state index contributed by atoms with van der Waals surface area (Å²) in [6.07, 6.45) is 0. The molecule has 27 heavy (non-hydrogen) atoms. The topological polar surface area (TPSA) is 59.2 Å². The summed E-state index contributed by atoms with van der Waals surface area (Å²) in [6, 6.07) is 15.2. The van der Waals surface area contributed by atoms with Crippen molar-refractivity contribution in [2.24, 2.45) is 5.92 Å². The quantitative estimate of drug-likeness (QED) is 0.353. The highest BCUT2D eigenvalue weighted by molar-refractivity contribution is 7.99. The second-order valence-corrected chi connectivity index (χ2v) is 7.93. The van der Waals surface area contributed by atoms with Crippen molar-refractivity contribution in [3.63, 3.8) is 0 Å². The highest BCUT2D eigenvalue weighted by Gasteiger charge is 2.16. The number of thioether (sulfide) groups is 1. The number of aromatic nitrogens is 1. The van der Waals surface area contributed by atoms with Gasteiger partial charge in [0.2, 0.25) is 0 Å². The van der Waals surface area contributed by atoms with Crippen LogP contribution in [0.25, 0.3) is 22.0 Å². The molecule has 3 aromatic rings. The first-order valence-electron chi connectivity index (χ1n) is 8.67. The van der Waals surface area contributed by atoms with Crippen molar-refractivity contribution in [2.75, 3.05) is 12.4 Å². The Labute approximate surface area is 166 Å². The Bertz CT molecular complexity index is 1020. The molecule has 0 saturated heterocycles. The van der Waals surface area contributed by atoms with Crippen LogP contribution in [-0.4, -0.2) is 23.3 Å². The van der Waals surface area contributed by atoms with Crippen LogP contribution >= 0.6 is 23.4 Å². The summed E-state index contributed by atoms with van der Waals surface area (Å²) in [6.45, 7) is 3.84. The Morgan fingerprint density at radius 1 is 1.19 bits per heavy atom. The highest BCUT2D eigenvalue weighted by Crippen LogP contribution is 2.35. The molecule has 0 radical (unpaired) electrons. The number of esters is 1. The minimum atomic E-state index is -0.238. The van der Waals surface area contributed by atoms with Crippen LogP contribution in [0.1, 0.15) is 13.8 Å². The Morgan fingerprint density at radius 2 is 1.93 bits per heavy atom. The first kappa shape index (κ1) is 19.5. The number of rotatable bonds is 6. The first-order chi connectivity index (χ1) is 13.0. The number of benzene rings is 2. The third kappa shape index (κ3) is 4.54. The number of hydrogen-bond donors (Lipinski definition) is 1. The zero-order valence-corrected chi connectivity index (χ0v) is 16.7. The Hall–Kier alpha value is -2.24. The van der Waals surface area contributed by atoms with Crippen molar-refractivity contribution in [3.8, 4) is 11.1 Å². The molecule has 1 heterocycles. The fourth-order valence-electron chi connectivity index (χ4n) is 2.73. The molecule has 1 N–H and O–H groups in total. The van der Waals surface area contributed by atoms with Gasteiger partial charge in [-0.25, -0.2) is 0 Å². The molecule has 4 nitrogen and oxygen atoms in total. The third-order valence-corrected chi connectivity index (χ3v) is 5.32. The number of ether oxygens (including phenoxy) is 1. The average Bonchev–Trinajstić information content (AvgIpc) is 2.66. The lowest BCUT2D eigenvalue weighted by atomic mass is 10.0. The van der Waals surface area contributed by atoms with E-state index in [0.717, 1.165) is 22.0 Å². The predicted octanol–water partition coefficient (Wildman–Crippen LogP) is 5.14. The summed E-state index contributed by atoms with van der Waals surface area (Å²) in [4.78, 5) is 27.9. The van der Waals surface area contributed by atoms with Gasteiger partial charge in [0.15, 0.2) is 0 Å². The normalized spacial score (nSPS) is 11.1. The van der Waals surface area contributed by atoms with Crippen LogP contribution in [0.15, 0.2) is 58.2 Å². The third-order valence-electron chi connectivity index (χ3n) is 4.04. The minimum absolute atomic E-state index is 0.163. The molecule has 0 atom stereocenters. The maximum absolute atomic E-state index is 12.7. The summed E-state index contributed by atoms with van der Waals surface area (Å²) < 4.78 is 5.22. The lowest BCUT2D eigenvalue weighted by Gasteiger charge is -2.13. The molecule has 0 aliphatic heterocycles. The standard InChI is InChI=1S/C21H20ClNO3S/c1-13(2)21(25)26-10-11-27-19-18(14-6-4-3-5-7-14)16-12-15(22)8-9-17(16)23-20(19)24/h3-9,12-13H,10-11H2,1-2H3,(H,23,24). The van der Waals surface area contributed by atoms with Gasteiger partial charge in [0.1, 0.15) is 6.61 Å². The molecular formula is C21H20ClNO3S. The van der Waals surface area contributed by atoms with Crippen LogP contribution in [-0.2, 0) is 9.53 Å². The second kappa shape index (κ2) is 8.63. The van der Waals surface area contributed by atoms with Gasteiger partial charge in [-0.1, -0.05) is 55.8 Å². The summed E-state index contributed by atoms with van der Waals surface area (Å²) in [5.41, 5.74) is 2.36. The van der Waals surface area contributed by atoms with Crippen LogP contribution in [0.5, 0.6) is 0 Å². The SMILES string of the molecule is CC(C)C(=O)OCCSc1c(-c2ccccc2)c2cc(Cl)ccc2[nH]c1=O. The number of nitrogens with one attached hydrogen (secondary N) is 1.